The Morgan fingerprint density at radius 3 is 2.73 bits per heavy atom. The number of nitrogens with zero attached hydrogens (tertiary/aromatic N) is 3. The third-order valence-electron chi connectivity index (χ3n) is 4.86. The lowest BCUT2D eigenvalue weighted by Crippen LogP contribution is -2.47. The number of rotatable bonds is 6. The number of benzene rings is 1. The molecule has 2 heterocycles. The fourth-order valence-electron chi connectivity index (χ4n) is 3.37. The molecule has 1 aromatic carbocycles. The lowest BCUT2D eigenvalue weighted by Gasteiger charge is -2.38. The van der Waals surface area contributed by atoms with Gasteiger partial charge in [0.05, 0.1) is 5.02 Å². The van der Waals surface area contributed by atoms with Crippen LogP contribution in [0.3, 0.4) is 0 Å². The minimum atomic E-state index is -0.670. The highest BCUT2D eigenvalue weighted by atomic mass is 79.9. The van der Waals surface area contributed by atoms with E-state index in [9.17, 15) is 14.0 Å². The normalized spacial score (nSPS) is 18.7. The van der Waals surface area contributed by atoms with Crippen LogP contribution in [0.25, 0.3) is 0 Å². The Hall–Kier alpha value is -2.40. The van der Waals surface area contributed by atoms with Crippen molar-refractivity contribution in [1.82, 2.24) is 20.4 Å². The lowest BCUT2D eigenvalue weighted by atomic mass is 9.92. The summed E-state index contributed by atoms with van der Waals surface area (Å²) >= 11 is 8.77. The molecular formula is C21H25BrClFN4O5. The van der Waals surface area contributed by atoms with E-state index in [1.807, 2.05) is 0 Å². The maximum absolute atomic E-state index is 13.5. The van der Waals surface area contributed by atoms with Crippen molar-refractivity contribution in [3.05, 3.63) is 39.7 Å². The van der Waals surface area contributed by atoms with E-state index in [4.69, 9.17) is 25.5 Å². The van der Waals surface area contributed by atoms with Crippen LogP contribution in [0.4, 0.5) is 9.18 Å². The molecule has 1 saturated heterocycles. The largest absolute Gasteiger partial charge is 0.484 e. The van der Waals surface area contributed by atoms with Gasteiger partial charge in [-0.05, 0) is 51.7 Å². The standard InChI is InChI=1S/C21H25BrClFN4O5/c1-21(2,3)33-20(30)28-10-12(4-7-16(28)18-26-27-19(22)32-18)9-25-17(29)11-31-13-5-6-14(23)15(24)8-13/h5-6,8,12,16H,4,7,9-11H2,1-3H3,(H,25,29)/t12-,16-/m1/s1. The predicted octanol–water partition coefficient (Wildman–Crippen LogP) is 4.51. The first-order valence-electron chi connectivity index (χ1n) is 10.3. The summed E-state index contributed by atoms with van der Waals surface area (Å²) in [5.41, 5.74) is -0.670. The van der Waals surface area contributed by atoms with Crippen molar-refractivity contribution in [2.45, 2.75) is 45.3 Å². The van der Waals surface area contributed by atoms with E-state index in [0.717, 1.165) is 6.07 Å². The second-order valence-corrected chi connectivity index (χ2v) is 9.74. The molecule has 2 atom stereocenters. The number of amides is 2. The SMILES string of the molecule is CC(C)(C)OC(=O)N1C[C@@H](CNC(=O)COc2ccc(Cl)c(F)c2)CC[C@@H]1c1nnc(Br)o1. The Morgan fingerprint density at radius 1 is 1.33 bits per heavy atom. The number of ether oxygens (including phenoxy) is 2. The molecule has 0 bridgehead atoms. The summed E-state index contributed by atoms with van der Waals surface area (Å²) < 4.78 is 29.8. The van der Waals surface area contributed by atoms with E-state index in [1.165, 1.54) is 12.1 Å². The van der Waals surface area contributed by atoms with E-state index in [1.54, 1.807) is 25.7 Å². The van der Waals surface area contributed by atoms with Crippen molar-refractivity contribution in [2.24, 2.45) is 5.92 Å². The van der Waals surface area contributed by atoms with E-state index in [-0.39, 0.29) is 34.0 Å². The van der Waals surface area contributed by atoms with Gasteiger partial charge in [-0.15, -0.1) is 10.2 Å². The van der Waals surface area contributed by atoms with Gasteiger partial charge in [0.25, 0.3) is 10.7 Å². The number of aromatic nitrogens is 2. The third kappa shape index (κ3) is 7.29. The number of nitrogens with one attached hydrogen (secondary N) is 1. The lowest BCUT2D eigenvalue weighted by molar-refractivity contribution is -0.123. The van der Waals surface area contributed by atoms with Crippen LogP contribution in [0, 0.1) is 11.7 Å². The predicted molar refractivity (Wildman–Crippen MR) is 120 cm³/mol. The quantitative estimate of drug-likeness (QED) is 0.567. The first-order valence-corrected chi connectivity index (χ1v) is 11.5. The van der Waals surface area contributed by atoms with Gasteiger partial charge in [0.15, 0.2) is 6.61 Å². The molecule has 0 radical (unpaired) electrons. The number of carbonyl (C=O) groups is 2. The summed E-state index contributed by atoms with van der Waals surface area (Å²) in [5.74, 6) is -0.482. The van der Waals surface area contributed by atoms with Gasteiger partial charge in [-0.2, -0.15) is 0 Å². The monoisotopic (exact) mass is 546 g/mol. The minimum absolute atomic E-state index is 0.0166. The molecule has 0 saturated carbocycles. The first-order chi connectivity index (χ1) is 15.5. The number of hydrogen-bond acceptors (Lipinski definition) is 7. The second-order valence-electron chi connectivity index (χ2n) is 8.65. The molecule has 2 aromatic rings. The summed E-state index contributed by atoms with van der Waals surface area (Å²) in [6.45, 7) is 5.76. The van der Waals surface area contributed by atoms with Crippen LogP contribution in [-0.4, -0.2) is 52.4 Å². The van der Waals surface area contributed by atoms with Crippen LogP contribution in [0.5, 0.6) is 5.75 Å². The molecule has 9 nitrogen and oxygen atoms in total. The number of likely N-dealkylation sites (tertiary alicyclic amines) is 1. The maximum atomic E-state index is 13.5. The number of hydrogen-bond donors (Lipinski definition) is 1. The van der Waals surface area contributed by atoms with Gasteiger partial charge in [-0.1, -0.05) is 11.6 Å². The Balaban J connectivity index is 1.56. The molecule has 0 unspecified atom stereocenters. The van der Waals surface area contributed by atoms with Crippen LogP contribution in [-0.2, 0) is 9.53 Å². The highest BCUT2D eigenvalue weighted by Gasteiger charge is 2.38. The van der Waals surface area contributed by atoms with Crippen molar-refractivity contribution in [3.63, 3.8) is 0 Å². The fraction of sp³-hybridized carbons (Fsp3) is 0.524. The van der Waals surface area contributed by atoms with Gasteiger partial charge in [-0.3, -0.25) is 9.69 Å². The molecule has 0 spiro atoms. The second kappa shape index (κ2) is 10.7. The van der Waals surface area contributed by atoms with E-state index < -0.39 is 23.6 Å². The Kier molecular flexibility index (Phi) is 8.17. The van der Waals surface area contributed by atoms with E-state index in [0.29, 0.717) is 31.8 Å². The van der Waals surface area contributed by atoms with Crippen LogP contribution >= 0.6 is 27.5 Å². The maximum Gasteiger partial charge on any atom is 0.410 e. The van der Waals surface area contributed by atoms with E-state index >= 15 is 0 Å². The van der Waals surface area contributed by atoms with Crippen LogP contribution in [0.15, 0.2) is 27.4 Å². The zero-order valence-electron chi connectivity index (χ0n) is 18.4. The minimum Gasteiger partial charge on any atom is -0.484 e. The topological polar surface area (TPSA) is 107 Å². The number of piperidine rings is 1. The Labute approximate surface area is 204 Å². The van der Waals surface area contributed by atoms with Gasteiger partial charge in [-0.25, -0.2) is 9.18 Å². The summed E-state index contributed by atoms with van der Waals surface area (Å²) in [6.07, 6.45) is 0.786. The molecule has 33 heavy (non-hydrogen) atoms. The van der Waals surface area contributed by atoms with Gasteiger partial charge in [0.2, 0.25) is 5.89 Å². The molecule has 1 aliphatic heterocycles. The molecular weight excluding hydrogens is 523 g/mol. The molecule has 12 heteroatoms. The molecule has 1 N–H and O–H groups in total. The molecule has 180 valence electrons. The smallest absolute Gasteiger partial charge is 0.410 e. The molecule has 1 fully saturated rings. The van der Waals surface area contributed by atoms with Crippen molar-refractivity contribution >= 4 is 39.5 Å². The average Bonchev–Trinajstić information content (AvgIpc) is 3.17. The summed E-state index contributed by atoms with van der Waals surface area (Å²) in [6, 6.07) is 3.53. The van der Waals surface area contributed by atoms with Crippen molar-refractivity contribution in [3.8, 4) is 5.75 Å². The fourth-order valence-corrected chi connectivity index (χ4v) is 3.73. The van der Waals surface area contributed by atoms with Crippen molar-refractivity contribution < 1.29 is 27.9 Å². The zero-order valence-corrected chi connectivity index (χ0v) is 20.8. The number of halogens is 3. The van der Waals surface area contributed by atoms with Crippen LogP contribution < -0.4 is 10.1 Å². The zero-order chi connectivity index (χ0) is 24.2. The third-order valence-corrected chi connectivity index (χ3v) is 5.48. The van der Waals surface area contributed by atoms with Gasteiger partial charge in [0.1, 0.15) is 23.2 Å². The summed E-state index contributed by atoms with van der Waals surface area (Å²) in [4.78, 5) is 26.8. The highest BCUT2D eigenvalue weighted by Crippen LogP contribution is 2.34. The molecule has 1 aromatic heterocycles. The highest BCUT2D eigenvalue weighted by molar-refractivity contribution is 9.10. The molecule has 0 aliphatic carbocycles. The number of carbonyl (C=O) groups excluding carboxylic acids is 2. The van der Waals surface area contributed by atoms with E-state index in [2.05, 4.69) is 31.4 Å². The average molecular weight is 548 g/mol. The molecule has 3 rings (SSSR count). The molecule has 2 amide bonds. The Bertz CT molecular complexity index is 999. The van der Waals surface area contributed by atoms with Gasteiger partial charge < -0.3 is 19.2 Å². The van der Waals surface area contributed by atoms with Crippen molar-refractivity contribution in [1.29, 1.82) is 0 Å². The van der Waals surface area contributed by atoms with Crippen LogP contribution in [0.1, 0.15) is 45.5 Å². The first kappa shape index (κ1) is 25.2. The van der Waals surface area contributed by atoms with Gasteiger partial charge >= 0.3 is 6.09 Å². The molecule has 1 aliphatic rings. The van der Waals surface area contributed by atoms with Crippen LogP contribution in [0.2, 0.25) is 5.02 Å². The van der Waals surface area contributed by atoms with Crippen molar-refractivity contribution in [2.75, 3.05) is 19.7 Å². The summed E-state index contributed by atoms with van der Waals surface area (Å²) in [5, 5.41) is 10.6. The summed E-state index contributed by atoms with van der Waals surface area (Å²) in [7, 11) is 0. The van der Waals surface area contributed by atoms with Gasteiger partial charge in [0, 0.05) is 35.1 Å². The Morgan fingerprint density at radius 2 is 2.09 bits per heavy atom.